The molecule has 0 saturated carbocycles. The second-order valence-corrected chi connectivity index (χ2v) is 6.79. The maximum absolute atomic E-state index is 6.35. The summed E-state index contributed by atoms with van der Waals surface area (Å²) in [6.45, 7) is 1.90. The number of nitrogens with one attached hydrogen (secondary N) is 1. The molecular formula is C20H20ClN5. The Labute approximate surface area is 158 Å². The summed E-state index contributed by atoms with van der Waals surface area (Å²) < 4.78 is 0. The van der Waals surface area contributed by atoms with Crippen molar-refractivity contribution in [1.29, 1.82) is 0 Å². The molecule has 5 nitrogen and oxygen atoms in total. The maximum Gasteiger partial charge on any atom is 0.150 e. The first-order chi connectivity index (χ1) is 12.8. The van der Waals surface area contributed by atoms with Gasteiger partial charge in [0.15, 0.2) is 0 Å². The molecule has 0 spiro atoms. The standard InChI is InChI=1S/C20H20ClN5/c21-16-6-2-1-5-15(16)14-26-12-4-8-18(26)17-7-3-9-19(24-17)25-20-13-22-10-11-23-20/h1-3,5-7,9-11,13,18H,4,8,12,14H2,(H,23,24,25)/t18-/m0/s1. The number of nitrogens with zero attached hydrogens (tertiary/aromatic N) is 4. The summed E-state index contributed by atoms with van der Waals surface area (Å²) in [7, 11) is 0. The summed E-state index contributed by atoms with van der Waals surface area (Å²) in [4.78, 5) is 15.6. The molecule has 0 aliphatic carbocycles. The summed E-state index contributed by atoms with van der Waals surface area (Å²) >= 11 is 6.35. The maximum atomic E-state index is 6.35. The molecule has 26 heavy (non-hydrogen) atoms. The fourth-order valence-corrected chi connectivity index (χ4v) is 3.59. The molecular weight excluding hydrogens is 346 g/mol. The molecule has 0 bridgehead atoms. The topological polar surface area (TPSA) is 53.9 Å². The van der Waals surface area contributed by atoms with Gasteiger partial charge in [0.2, 0.25) is 0 Å². The predicted octanol–water partition coefficient (Wildman–Crippen LogP) is 4.61. The van der Waals surface area contributed by atoms with E-state index >= 15 is 0 Å². The molecule has 1 aliphatic heterocycles. The van der Waals surface area contributed by atoms with E-state index in [2.05, 4.69) is 32.3 Å². The van der Waals surface area contributed by atoms with Crippen LogP contribution in [0.15, 0.2) is 61.1 Å². The summed E-state index contributed by atoms with van der Waals surface area (Å²) in [5.74, 6) is 1.48. The van der Waals surface area contributed by atoms with E-state index < -0.39 is 0 Å². The third-order valence-electron chi connectivity index (χ3n) is 4.63. The number of anilines is 2. The Balaban J connectivity index is 1.52. The average Bonchev–Trinajstić information content (AvgIpc) is 3.13. The van der Waals surface area contributed by atoms with E-state index in [0.717, 1.165) is 41.6 Å². The number of hydrogen-bond acceptors (Lipinski definition) is 5. The van der Waals surface area contributed by atoms with Gasteiger partial charge in [-0.1, -0.05) is 35.9 Å². The first-order valence-electron chi connectivity index (χ1n) is 8.77. The molecule has 0 radical (unpaired) electrons. The molecule has 0 unspecified atom stereocenters. The Morgan fingerprint density at radius 3 is 2.85 bits per heavy atom. The molecule has 1 N–H and O–H groups in total. The molecule has 2 aromatic heterocycles. The minimum absolute atomic E-state index is 0.301. The van der Waals surface area contributed by atoms with Crippen LogP contribution in [-0.2, 0) is 6.54 Å². The minimum atomic E-state index is 0.301. The molecule has 132 valence electrons. The quantitative estimate of drug-likeness (QED) is 0.715. The molecule has 4 rings (SSSR count). The first kappa shape index (κ1) is 16.9. The van der Waals surface area contributed by atoms with Crippen LogP contribution in [0.4, 0.5) is 11.6 Å². The van der Waals surface area contributed by atoms with Gasteiger partial charge in [0.1, 0.15) is 11.6 Å². The normalized spacial score (nSPS) is 17.3. The van der Waals surface area contributed by atoms with Crippen LogP contribution >= 0.6 is 11.6 Å². The number of benzene rings is 1. The van der Waals surface area contributed by atoms with Crippen molar-refractivity contribution in [1.82, 2.24) is 19.9 Å². The highest BCUT2D eigenvalue weighted by atomic mass is 35.5. The molecule has 1 saturated heterocycles. The molecule has 1 aromatic carbocycles. The van der Waals surface area contributed by atoms with E-state index in [1.54, 1.807) is 18.6 Å². The van der Waals surface area contributed by atoms with Gasteiger partial charge >= 0.3 is 0 Å². The van der Waals surface area contributed by atoms with Gasteiger partial charge in [0, 0.05) is 24.0 Å². The van der Waals surface area contributed by atoms with Crippen molar-refractivity contribution in [2.75, 3.05) is 11.9 Å². The van der Waals surface area contributed by atoms with Crippen LogP contribution in [0.1, 0.15) is 30.1 Å². The number of pyridine rings is 1. The lowest BCUT2D eigenvalue weighted by molar-refractivity contribution is 0.244. The highest BCUT2D eigenvalue weighted by molar-refractivity contribution is 6.31. The Morgan fingerprint density at radius 1 is 1.08 bits per heavy atom. The summed E-state index contributed by atoms with van der Waals surface area (Å²) in [5.41, 5.74) is 2.23. The largest absolute Gasteiger partial charge is 0.324 e. The number of hydrogen-bond donors (Lipinski definition) is 1. The van der Waals surface area contributed by atoms with Crippen molar-refractivity contribution in [3.63, 3.8) is 0 Å². The molecule has 3 aromatic rings. The van der Waals surface area contributed by atoms with Gasteiger partial charge in [-0.05, 0) is 43.1 Å². The van der Waals surface area contributed by atoms with Crippen LogP contribution in [-0.4, -0.2) is 26.4 Å². The monoisotopic (exact) mass is 365 g/mol. The van der Waals surface area contributed by atoms with Gasteiger partial charge in [-0.15, -0.1) is 0 Å². The fraction of sp³-hybridized carbons (Fsp3) is 0.250. The van der Waals surface area contributed by atoms with Gasteiger partial charge in [-0.3, -0.25) is 9.88 Å². The Kier molecular flexibility index (Phi) is 5.09. The number of likely N-dealkylation sites (tertiary alicyclic amines) is 1. The molecule has 1 fully saturated rings. The molecule has 1 atom stereocenters. The lowest BCUT2D eigenvalue weighted by atomic mass is 10.1. The van der Waals surface area contributed by atoms with Crippen LogP contribution in [0.5, 0.6) is 0 Å². The van der Waals surface area contributed by atoms with Crippen LogP contribution in [0.2, 0.25) is 5.02 Å². The van der Waals surface area contributed by atoms with Gasteiger partial charge < -0.3 is 5.32 Å². The van der Waals surface area contributed by atoms with E-state index in [4.69, 9.17) is 16.6 Å². The molecule has 6 heteroatoms. The average molecular weight is 366 g/mol. The van der Waals surface area contributed by atoms with E-state index in [1.807, 2.05) is 30.3 Å². The third kappa shape index (κ3) is 3.84. The lowest BCUT2D eigenvalue weighted by Gasteiger charge is -2.25. The van der Waals surface area contributed by atoms with E-state index in [-0.39, 0.29) is 0 Å². The number of halogens is 1. The van der Waals surface area contributed by atoms with Crippen LogP contribution in [0.25, 0.3) is 0 Å². The van der Waals surface area contributed by atoms with Crippen molar-refractivity contribution >= 4 is 23.2 Å². The highest BCUT2D eigenvalue weighted by Crippen LogP contribution is 2.33. The van der Waals surface area contributed by atoms with Gasteiger partial charge in [-0.25, -0.2) is 9.97 Å². The predicted molar refractivity (Wildman–Crippen MR) is 103 cm³/mol. The Morgan fingerprint density at radius 2 is 2.00 bits per heavy atom. The summed E-state index contributed by atoms with van der Waals surface area (Å²) in [6.07, 6.45) is 7.27. The van der Waals surface area contributed by atoms with E-state index in [0.29, 0.717) is 11.9 Å². The molecule has 1 aliphatic rings. The van der Waals surface area contributed by atoms with Crippen LogP contribution < -0.4 is 5.32 Å². The van der Waals surface area contributed by atoms with Gasteiger partial charge in [0.25, 0.3) is 0 Å². The van der Waals surface area contributed by atoms with Crippen molar-refractivity contribution in [3.8, 4) is 0 Å². The second-order valence-electron chi connectivity index (χ2n) is 6.38. The fourth-order valence-electron chi connectivity index (χ4n) is 3.40. The third-order valence-corrected chi connectivity index (χ3v) is 5.00. The Hall–Kier alpha value is -2.50. The van der Waals surface area contributed by atoms with E-state index in [9.17, 15) is 0 Å². The first-order valence-corrected chi connectivity index (χ1v) is 9.15. The smallest absolute Gasteiger partial charge is 0.150 e. The lowest BCUT2D eigenvalue weighted by Crippen LogP contribution is -2.23. The van der Waals surface area contributed by atoms with Gasteiger partial charge in [-0.2, -0.15) is 0 Å². The van der Waals surface area contributed by atoms with Crippen molar-refractivity contribution in [3.05, 3.63) is 77.3 Å². The number of aromatic nitrogens is 3. The summed E-state index contributed by atoms with van der Waals surface area (Å²) in [6, 6.07) is 14.4. The number of rotatable bonds is 5. The van der Waals surface area contributed by atoms with Crippen molar-refractivity contribution < 1.29 is 0 Å². The molecule has 3 heterocycles. The van der Waals surface area contributed by atoms with Crippen LogP contribution in [0, 0.1) is 0 Å². The minimum Gasteiger partial charge on any atom is -0.324 e. The Bertz CT molecular complexity index is 871. The molecule has 0 amide bonds. The SMILES string of the molecule is Clc1ccccc1CN1CCC[C@H]1c1cccc(Nc2cnccn2)n1. The highest BCUT2D eigenvalue weighted by Gasteiger charge is 2.27. The summed E-state index contributed by atoms with van der Waals surface area (Å²) in [5, 5.41) is 4.04. The van der Waals surface area contributed by atoms with Crippen molar-refractivity contribution in [2.45, 2.75) is 25.4 Å². The second kappa shape index (κ2) is 7.81. The van der Waals surface area contributed by atoms with Crippen molar-refractivity contribution in [2.24, 2.45) is 0 Å². The zero-order chi connectivity index (χ0) is 17.8. The zero-order valence-corrected chi connectivity index (χ0v) is 15.1. The van der Waals surface area contributed by atoms with E-state index in [1.165, 1.54) is 6.42 Å². The zero-order valence-electron chi connectivity index (χ0n) is 14.3. The van der Waals surface area contributed by atoms with Gasteiger partial charge in [0.05, 0.1) is 17.9 Å². The van der Waals surface area contributed by atoms with Crippen LogP contribution in [0.3, 0.4) is 0 Å².